The molecule has 7 nitrogen and oxygen atoms in total. The maximum atomic E-state index is 12.7. The molecule has 132 valence electrons. The molecule has 0 saturated carbocycles. The van der Waals surface area contributed by atoms with E-state index in [9.17, 15) is 9.59 Å². The number of aromatic nitrogens is 2. The van der Waals surface area contributed by atoms with Crippen molar-refractivity contribution in [3.05, 3.63) is 42.4 Å². The highest BCUT2D eigenvalue weighted by atomic mass is 16.3. The molecule has 2 aromatic heterocycles. The maximum absolute atomic E-state index is 12.7. The lowest BCUT2D eigenvalue weighted by atomic mass is 9.91. The molecule has 1 fully saturated rings. The fourth-order valence-electron chi connectivity index (χ4n) is 3.05. The molecular weight excluding hydrogens is 320 g/mol. The molecule has 0 bridgehead atoms. The van der Waals surface area contributed by atoms with Gasteiger partial charge in [-0.2, -0.15) is 0 Å². The van der Waals surface area contributed by atoms with Crippen molar-refractivity contribution in [2.45, 2.75) is 39.2 Å². The van der Waals surface area contributed by atoms with Gasteiger partial charge in [-0.05, 0) is 30.9 Å². The summed E-state index contributed by atoms with van der Waals surface area (Å²) in [6.45, 7) is 4.62. The molecule has 1 saturated heterocycles. The van der Waals surface area contributed by atoms with E-state index >= 15 is 0 Å². The highest BCUT2D eigenvalue weighted by Crippen LogP contribution is 2.34. The smallest absolute Gasteiger partial charge is 0.314 e. The fourth-order valence-corrected chi connectivity index (χ4v) is 3.05. The number of piperidine rings is 1. The Kier molecular flexibility index (Phi) is 5.11. The summed E-state index contributed by atoms with van der Waals surface area (Å²) in [6, 6.07) is 3.43. The van der Waals surface area contributed by atoms with Crippen molar-refractivity contribution in [3.8, 4) is 0 Å². The third-order valence-corrected chi connectivity index (χ3v) is 4.47. The number of furan rings is 1. The summed E-state index contributed by atoms with van der Waals surface area (Å²) < 4.78 is 5.48. The summed E-state index contributed by atoms with van der Waals surface area (Å²) in [5, 5.41) is 2.58. The van der Waals surface area contributed by atoms with E-state index in [0.29, 0.717) is 36.2 Å². The van der Waals surface area contributed by atoms with Crippen LogP contribution in [0.4, 0.5) is 5.69 Å². The molecule has 1 aliphatic rings. The molecule has 0 aromatic carbocycles. The summed E-state index contributed by atoms with van der Waals surface area (Å²) >= 11 is 0. The first kappa shape index (κ1) is 17.1. The molecule has 1 N–H and O–H groups in total. The molecule has 7 heteroatoms. The van der Waals surface area contributed by atoms with Crippen molar-refractivity contribution in [3.63, 3.8) is 0 Å². The first-order valence-electron chi connectivity index (χ1n) is 8.54. The van der Waals surface area contributed by atoms with Crippen LogP contribution in [0, 0.1) is 5.92 Å². The van der Waals surface area contributed by atoms with E-state index in [-0.39, 0.29) is 6.04 Å². The molecule has 2 atom stereocenters. The average Bonchev–Trinajstić information content (AvgIpc) is 3.16. The highest BCUT2D eigenvalue weighted by molar-refractivity contribution is 6.39. The van der Waals surface area contributed by atoms with Gasteiger partial charge in [0.15, 0.2) is 0 Å². The van der Waals surface area contributed by atoms with Crippen LogP contribution in [0.2, 0.25) is 0 Å². The van der Waals surface area contributed by atoms with Gasteiger partial charge in [0.05, 0.1) is 30.4 Å². The monoisotopic (exact) mass is 342 g/mol. The van der Waals surface area contributed by atoms with E-state index in [2.05, 4.69) is 22.2 Å². The minimum Gasteiger partial charge on any atom is -0.467 e. The Morgan fingerprint density at radius 3 is 2.76 bits per heavy atom. The van der Waals surface area contributed by atoms with Crippen LogP contribution in [0.3, 0.4) is 0 Å². The quantitative estimate of drug-likeness (QED) is 0.866. The predicted molar refractivity (Wildman–Crippen MR) is 91.6 cm³/mol. The third kappa shape index (κ3) is 3.87. The van der Waals surface area contributed by atoms with Gasteiger partial charge in [0.1, 0.15) is 11.6 Å². The molecule has 2 aromatic rings. The number of hydrogen-bond acceptors (Lipinski definition) is 5. The van der Waals surface area contributed by atoms with E-state index in [1.165, 1.54) is 12.4 Å². The number of carbonyl (C=O) groups is 2. The average molecular weight is 342 g/mol. The summed E-state index contributed by atoms with van der Waals surface area (Å²) in [5.74, 6) is 0.625. The number of hydrogen-bond donors (Lipinski definition) is 1. The number of aryl methyl sites for hydroxylation is 1. The first-order valence-corrected chi connectivity index (χ1v) is 8.54. The zero-order valence-corrected chi connectivity index (χ0v) is 14.4. The largest absolute Gasteiger partial charge is 0.467 e. The number of amides is 2. The van der Waals surface area contributed by atoms with Crippen molar-refractivity contribution in [2.75, 3.05) is 11.9 Å². The number of carbonyl (C=O) groups excluding carboxylic acids is 2. The second-order valence-electron chi connectivity index (χ2n) is 6.35. The lowest BCUT2D eigenvalue weighted by Crippen LogP contribution is -2.45. The molecule has 2 amide bonds. The van der Waals surface area contributed by atoms with Crippen molar-refractivity contribution in [1.82, 2.24) is 14.9 Å². The summed E-state index contributed by atoms with van der Waals surface area (Å²) in [7, 11) is 0. The molecule has 0 radical (unpaired) electrons. The SMILES string of the molecule is CCc1ncc(NC(=O)C(=O)N2CC[C@@H](C)C[C@@H]2c2ccco2)cn1. The molecule has 0 spiro atoms. The number of rotatable bonds is 3. The minimum atomic E-state index is -0.682. The predicted octanol–water partition coefficient (Wildman–Crippen LogP) is 2.57. The Hall–Kier alpha value is -2.70. The van der Waals surface area contributed by atoms with Crippen LogP contribution in [0.15, 0.2) is 35.2 Å². The van der Waals surface area contributed by atoms with E-state index in [1.807, 2.05) is 13.0 Å². The minimum absolute atomic E-state index is 0.212. The van der Waals surface area contributed by atoms with Crippen LogP contribution in [0.25, 0.3) is 0 Å². The lowest BCUT2D eigenvalue weighted by molar-refractivity contribution is -0.146. The number of nitrogens with one attached hydrogen (secondary N) is 1. The number of anilines is 1. The Morgan fingerprint density at radius 1 is 1.36 bits per heavy atom. The zero-order valence-electron chi connectivity index (χ0n) is 14.4. The maximum Gasteiger partial charge on any atom is 0.314 e. The second-order valence-corrected chi connectivity index (χ2v) is 6.35. The van der Waals surface area contributed by atoms with Gasteiger partial charge in [0, 0.05) is 13.0 Å². The van der Waals surface area contributed by atoms with E-state index < -0.39 is 11.8 Å². The van der Waals surface area contributed by atoms with Gasteiger partial charge in [-0.1, -0.05) is 13.8 Å². The summed E-state index contributed by atoms with van der Waals surface area (Å²) in [6.07, 6.45) is 6.97. The lowest BCUT2D eigenvalue weighted by Gasteiger charge is -2.36. The Labute approximate surface area is 146 Å². The molecule has 0 aliphatic carbocycles. The van der Waals surface area contributed by atoms with Gasteiger partial charge in [0.25, 0.3) is 0 Å². The third-order valence-electron chi connectivity index (χ3n) is 4.47. The van der Waals surface area contributed by atoms with Gasteiger partial charge in [-0.25, -0.2) is 9.97 Å². The number of nitrogens with zero attached hydrogens (tertiary/aromatic N) is 3. The van der Waals surface area contributed by atoms with Crippen LogP contribution in [0.5, 0.6) is 0 Å². The number of likely N-dealkylation sites (tertiary alicyclic amines) is 1. The summed E-state index contributed by atoms with van der Waals surface area (Å²) in [4.78, 5) is 34.9. The van der Waals surface area contributed by atoms with E-state index in [4.69, 9.17) is 4.42 Å². The van der Waals surface area contributed by atoms with Crippen LogP contribution in [-0.2, 0) is 16.0 Å². The molecule has 3 heterocycles. The zero-order chi connectivity index (χ0) is 17.8. The van der Waals surface area contributed by atoms with Crippen molar-refractivity contribution in [1.29, 1.82) is 0 Å². The van der Waals surface area contributed by atoms with Crippen molar-refractivity contribution < 1.29 is 14.0 Å². The first-order chi connectivity index (χ1) is 12.1. The van der Waals surface area contributed by atoms with Gasteiger partial charge in [0.2, 0.25) is 0 Å². The van der Waals surface area contributed by atoms with Gasteiger partial charge in [-0.3, -0.25) is 9.59 Å². The van der Waals surface area contributed by atoms with Crippen LogP contribution in [0.1, 0.15) is 44.3 Å². The van der Waals surface area contributed by atoms with Crippen molar-refractivity contribution in [2.24, 2.45) is 5.92 Å². The van der Waals surface area contributed by atoms with Gasteiger partial charge < -0.3 is 14.6 Å². The molecule has 3 rings (SSSR count). The van der Waals surface area contributed by atoms with Crippen LogP contribution < -0.4 is 5.32 Å². The van der Waals surface area contributed by atoms with Crippen LogP contribution in [-0.4, -0.2) is 33.2 Å². The Balaban J connectivity index is 1.72. The molecule has 0 unspecified atom stereocenters. The standard InChI is InChI=1S/C18H22N4O3/c1-3-16-19-10-13(11-20-16)21-17(23)18(24)22-7-6-12(2)9-14(22)15-5-4-8-25-15/h4-5,8,10-12,14H,3,6-7,9H2,1-2H3,(H,21,23)/t12-,14-/m1/s1. The van der Waals surface area contributed by atoms with Gasteiger partial charge in [-0.15, -0.1) is 0 Å². The normalized spacial score (nSPS) is 20.3. The Morgan fingerprint density at radius 2 is 2.12 bits per heavy atom. The second kappa shape index (κ2) is 7.46. The van der Waals surface area contributed by atoms with E-state index in [1.54, 1.807) is 17.2 Å². The van der Waals surface area contributed by atoms with Crippen molar-refractivity contribution >= 4 is 17.5 Å². The van der Waals surface area contributed by atoms with Crippen LogP contribution >= 0.6 is 0 Å². The molecular formula is C18H22N4O3. The van der Waals surface area contributed by atoms with Gasteiger partial charge >= 0.3 is 11.8 Å². The Bertz CT molecular complexity index is 727. The summed E-state index contributed by atoms with van der Waals surface area (Å²) in [5.41, 5.74) is 0.412. The molecule has 1 aliphatic heterocycles. The van der Waals surface area contributed by atoms with E-state index in [0.717, 1.165) is 12.8 Å². The highest BCUT2D eigenvalue weighted by Gasteiger charge is 2.35. The molecule has 25 heavy (non-hydrogen) atoms. The fraction of sp³-hybridized carbons (Fsp3) is 0.444. The topological polar surface area (TPSA) is 88.3 Å².